The summed E-state index contributed by atoms with van der Waals surface area (Å²) in [5.41, 5.74) is 0.564. The van der Waals surface area contributed by atoms with E-state index < -0.39 is 0 Å². The van der Waals surface area contributed by atoms with Crippen LogP contribution in [-0.2, 0) is 4.74 Å². The van der Waals surface area contributed by atoms with Crippen molar-refractivity contribution >= 4 is 21.6 Å². The van der Waals surface area contributed by atoms with Crippen molar-refractivity contribution < 1.29 is 9.13 Å². The summed E-state index contributed by atoms with van der Waals surface area (Å²) in [7, 11) is 0. The van der Waals surface area contributed by atoms with Gasteiger partial charge in [-0.25, -0.2) is 4.39 Å². The Kier molecular flexibility index (Phi) is 3.82. The summed E-state index contributed by atoms with van der Waals surface area (Å²) in [6.45, 7) is 2.75. The zero-order chi connectivity index (χ0) is 11.5. The van der Waals surface area contributed by atoms with E-state index in [1.165, 1.54) is 6.07 Å². The van der Waals surface area contributed by atoms with Crippen molar-refractivity contribution in [3.05, 3.63) is 28.5 Å². The highest BCUT2D eigenvalue weighted by Gasteiger charge is 2.29. The van der Waals surface area contributed by atoms with Gasteiger partial charge in [0, 0.05) is 17.1 Å². The third kappa shape index (κ3) is 2.74. The molecule has 0 atom stereocenters. The Labute approximate surface area is 103 Å². The minimum Gasteiger partial charge on any atom is -0.380 e. The molecular weight excluding hydrogens is 273 g/mol. The van der Waals surface area contributed by atoms with E-state index >= 15 is 0 Å². The van der Waals surface area contributed by atoms with Crippen LogP contribution in [-0.4, -0.2) is 18.8 Å². The molecule has 0 aliphatic heterocycles. The first-order valence-electron chi connectivity index (χ1n) is 5.52. The van der Waals surface area contributed by atoms with Crippen LogP contribution in [0.1, 0.15) is 19.8 Å². The Balaban J connectivity index is 1.89. The zero-order valence-electron chi connectivity index (χ0n) is 9.17. The van der Waals surface area contributed by atoms with Gasteiger partial charge in [-0.2, -0.15) is 0 Å². The lowest BCUT2D eigenvalue weighted by atomic mass is 9.89. The fourth-order valence-electron chi connectivity index (χ4n) is 1.88. The van der Waals surface area contributed by atoms with Crippen LogP contribution in [0.2, 0.25) is 0 Å². The van der Waals surface area contributed by atoms with Crippen molar-refractivity contribution in [1.82, 2.24) is 0 Å². The molecule has 0 unspecified atom stereocenters. The maximum atomic E-state index is 13.4. The van der Waals surface area contributed by atoms with Gasteiger partial charge in [0.2, 0.25) is 0 Å². The van der Waals surface area contributed by atoms with Gasteiger partial charge in [0.1, 0.15) is 5.82 Å². The fourth-order valence-corrected chi connectivity index (χ4v) is 2.24. The molecule has 0 bridgehead atoms. The Morgan fingerprint density at radius 2 is 2.25 bits per heavy atom. The van der Waals surface area contributed by atoms with E-state index in [4.69, 9.17) is 4.74 Å². The summed E-state index contributed by atoms with van der Waals surface area (Å²) in [5.74, 6) is -0.206. The molecule has 0 radical (unpaired) electrons. The molecule has 1 aliphatic carbocycles. The van der Waals surface area contributed by atoms with Crippen LogP contribution in [0.25, 0.3) is 0 Å². The zero-order valence-corrected chi connectivity index (χ0v) is 10.8. The van der Waals surface area contributed by atoms with Crippen LogP contribution < -0.4 is 5.32 Å². The van der Waals surface area contributed by atoms with Crippen molar-refractivity contribution in [2.75, 3.05) is 11.9 Å². The van der Waals surface area contributed by atoms with E-state index in [0.717, 1.165) is 23.9 Å². The molecule has 2 nitrogen and oxygen atoms in total. The van der Waals surface area contributed by atoms with Gasteiger partial charge in [0.25, 0.3) is 0 Å². The van der Waals surface area contributed by atoms with Gasteiger partial charge >= 0.3 is 0 Å². The molecule has 1 aromatic carbocycles. The maximum absolute atomic E-state index is 13.4. The largest absolute Gasteiger partial charge is 0.380 e. The van der Waals surface area contributed by atoms with E-state index in [2.05, 4.69) is 21.2 Å². The molecular formula is C12H15BrFNO. The summed E-state index contributed by atoms with van der Waals surface area (Å²) in [6, 6.07) is 5.26. The van der Waals surface area contributed by atoms with Crippen molar-refractivity contribution in [1.29, 1.82) is 0 Å². The van der Waals surface area contributed by atoms with Gasteiger partial charge in [0.05, 0.1) is 11.8 Å². The first-order chi connectivity index (χ1) is 7.69. The topological polar surface area (TPSA) is 21.3 Å². The van der Waals surface area contributed by atoms with Crippen molar-refractivity contribution in [2.24, 2.45) is 0 Å². The molecule has 0 saturated heterocycles. The fraction of sp³-hybridized carbons (Fsp3) is 0.500. The molecule has 1 N–H and O–H groups in total. The number of hydrogen-bond acceptors (Lipinski definition) is 2. The molecule has 1 fully saturated rings. The second kappa shape index (κ2) is 5.15. The van der Waals surface area contributed by atoms with E-state index in [1.807, 2.05) is 6.92 Å². The van der Waals surface area contributed by atoms with Crippen LogP contribution >= 0.6 is 15.9 Å². The Morgan fingerprint density at radius 3 is 2.94 bits per heavy atom. The van der Waals surface area contributed by atoms with Gasteiger partial charge in [-0.1, -0.05) is 15.9 Å². The van der Waals surface area contributed by atoms with E-state index in [9.17, 15) is 4.39 Å². The number of benzene rings is 1. The highest BCUT2D eigenvalue weighted by atomic mass is 79.9. The van der Waals surface area contributed by atoms with Crippen molar-refractivity contribution in [3.8, 4) is 0 Å². The minimum absolute atomic E-state index is 0.206. The summed E-state index contributed by atoms with van der Waals surface area (Å²) < 4.78 is 19.8. The third-order valence-corrected chi connectivity index (χ3v) is 3.28. The van der Waals surface area contributed by atoms with Gasteiger partial charge in [-0.05, 0) is 38.0 Å². The third-order valence-electron chi connectivity index (χ3n) is 2.79. The summed E-state index contributed by atoms with van der Waals surface area (Å²) in [5, 5.41) is 3.19. The molecule has 0 heterocycles. The van der Waals surface area contributed by atoms with Crippen LogP contribution in [0.15, 0.2) is 22.7 Å². The maximum Gasteiger partial charge on any atom is 0.146 e. The molecule has 1 aromatic rings. The Bertz CT molecular complexity index is 366. The number of ether oxygens (including phenoxy) is 1. The standard InChI is InChI=1S/C12H15BrFNO/c1-2-16-10-6-9(7-10)15-12-5-8(13)3-4-11(12)14/h3-5,9-10,15H,2,6-7H2,1H3. The van der Waals surface area contributed by atoms with Gasteiger partial charge in [-0.3, -0.25) is 0 Å². The highest BCUT2D eigenvalue weighted by Crippen LogP contribution is 2.29. The summed E-state index contributed by atoms with van der Waals surface area (Å²) >= 11 is 3.33. The summed E-state index contributed by atoms with van der Waals surface area (Å²) in [4.78, 5) is 0. The van der Waals surface area contributed by atoms with E-state index in [-0.39, 0.29) is 5.82 Å². The lowest BCUT2D eigenvalue weighted by Gasteiger charge is -2.36. The first kappa shape index (κ1) is 11.9. The number of rotatable bonds is 4. The van der Waals surface area contributed by atoms with Gasteiger partial charge in [-0.15, -0.1) is 0 Å². The second-order valence-electron chi connectivity index (χ2n) is 4.01. The van der Waals surface area contributed by atoms with Crippen molar-refractivity contribution in [3.63, 3.8) is 0 Å². The van der Waals surface area contributed by atoms with Crippen molar-refractivity contribution in [2.45, 2.75) is 31.9 Å². The second-order valence-corrected chi connectivity index (χ2v) is 4.93. The normalized spacial score (nSPS) is 23.9. The molecule has 1 saturated carbocycles. The highest BCUT2D eigenvalue weighted by molar-refractivity contribution is 9.10. The monoisotopic (exact) mass is 287 g/mol. The van der Waals surface area contributed by atoms with Crippen LogP contribution in [0.3, 0.4) is 0 Å². The van der Waals surface area contributed by atoms with Crippen LogP contribution in [0, 0.1) is 5.82 Å². The van der Waals surface area contributed by atoms with Gasteiger partial charge < -0.3 is 10.1 Å². The molecule has 16 heavy (non-hydrogen) atoms. The number of anilines is 1. The van der Waals surface area contributed by atoms with Crippen LogP contribution in [0.5, 0.6) is 0 Å². The Morgan fingerprint density at radius 1 is 1.50 bits per heavy atom. The Hall–Kier alpha value is -0.610. The predicted octanol–water partition coefficient (Wildman–Crippen LogP) is 3.57. The predicted molar refractivity (Wildman–Crippen MR) is 66.2 cm³/mol. The average Bonchev–Trinajstić information content (AvgIpc) is 2.20. The molecule has 2 rings (SSSR count). The first-order valence-corrected chi connectivity index (χ1v) is 6.31. The van der Waals surface area contributed by atoms with Gasteiger partial charge in [0.15, 0.2) is 0 Å². The lowest BCUT2D eigenvalue weighted by Crippen LogP contribution is -2.41. The number of hydrogen-bond donors (Lipinski definition) is 1. The summed E-state index contributed by atoms with van der Waals surface area (Å²) in [6.07, 6.45) is 2.26. The average molecular weight is 288 g/mol. The molecule has 4 heteroatoms. The molecule has 1 aliphatic rings. The van der Waals surface area contributed by atoms with E-state index in [1.54, 1.807) is 12.1 Å². The SMILES string of the molecule is CCOC1CC(Nc2cc(Br)ccc2F)C1. The molecule has 0 amide bonds. The van der Waals surface area contributed by atoms with Crippen LogP contribution in [0.4, 0.5) is 10.1 Å². The molecule has 0 spiro atoms. The number of nitrogens with one attached hydrogen (secondary N) is 1. The lowest BCUT2D eigenvalue weighted by molar-refractivity contribution is 0.00293. The minimum atomic E-state index is -0.206. The quantitative estimate of drug-likeness (QED) is 0.914. The molecule has 0 aromatic heterocycles. The van der Waals surface area contributed by atoms with E-state index in [0.29, 0.717) is 17.8 Å². The number of halogens is 2. The smallest absolute Gasteiger partial charge is 0.146 e. The molecule has 88 valence electrons.